The molecule has 0 fully saturated rings. The summed E-state index contributed by atoms with van der Waals surface area (Å²) in [5.74, 6) is 0.567. The molecule has 91 heavy (non-hydrogen) atoms. The fourth-order valence-corrected chi connectivity index (χ4v) is 14.0. The number of halogens is 2. The quantitative estimate of drug-likeness (QED) is 0.0850. The van der Waals surface area contributed by atoms with Crippen LogP contribution in [0.1, 0.15) is 199 Å². The van der Waals surface area contributed by atoms with Crippen LogP contribution >= 0.6 is 0 Å². The van der Waals surface area contributed by atoms with Crippen LogP contribution < -0.4 is 9.47 Å². The number of aromatic nitrogens is 2. The second kappa shape index (κ2) is 25.2. The van der Waals surface area contributed by atoms with Gasteiger partial charge in [0.05, 0.1) is 22.1 Å². The first-order valence-electron chi connectivity index (χ1n) is 33.0. The van der Waals surface area contributed by atoms with E-state index in [9.17, 15) is 0 Å². The van der Waals surface area contributed by atoms with Crippen molar-refractivity contribution in [3.05, 3.63) is 191 Å². The summed E-state index contributed by atoms with van der Waals surface area (Å²) in [6, 6.07) is 50.8. The molecule has 480 valence electrons. The number of hydrogen-bond donors (Lipinski definition) is 0. The van der Waals surface area contributed by atoms with Crippen molar-refractivity contribution in [2.75, 3.05) is 13.2 Å². The number of fused-ring (bicyclic) bond motifs is 6. The van der Waals surface area contributed by atoms with Crippen LogP contribution in [0.15, 0.2) is 146 Å². The van der Waals surface area contributed by atoms with Crippen LogP contribution in [0.5, 0.6) is 11.5 Å². The topological polar surface area (TPSA) is 28.3 Å². The summed E-state index contributed by atoms with van der Waals surface area (Å²) in [5.41, 5.74) is 15.8. The van der Waals surface area contributed by atoms with E-state index in [1.807, 2.05) is 6.07 Å². The molecule has 10 rings (SSSR count). The van der Waals surface area contributed by atoms with Gasteiger partial charge in [-0.15, -0.1) is 0 Å². The van der Waals surface area contributed by atoms with E-state index in [-0.39, 0.29) is 85.7 Å². The summed E-state index contributed by atoms with van der Waals surface area (Å²) < 4.78 is 55.3. The summed E-state index contributed by atoms with van der Waals surface area (Å²) >= 11 is 0.0833. The fourth-order valence-electron chi connectivity index (χ4n) is 14.0. The summed E-state index contributed by atoms with van der Waals surface area (Å²) in [6.45, 7) is 50.6. The number of nitrogens with zero attached hydrogens (tertiary/aromatic N) is 2. The van der Waals surface area contributed by atoms with Crippen molar-refractivity contribution >= 4 is 43.6 Å². The van der Waals surface area contributed by atoms with Gasteiger partial charge < -0.3 is 18.6 Å². The zero-order chi connectivity index (χ0) is 66.9. The summed E-state index contributed by atoms with van der Waals surface area (Å²) in [6.07, 6.45) is 1.76. The third-order valence-electron chi connectivity index (χ3n) is 17.9. The van der Waals surface area contributed by atoms with Gasteiger partial charge >= 0.3 is 32.3 Å². The van der Waals surface area contributed by atoms with Gasteiger partial charge in [0.15, 0.2) is 0 Å². The van der Waals surface area contributed by atoms with Gasteiger partial charge in [-0.25, -0.2) is 8.78 Å². The molecule has 2 aromatic heterocycles. The van der Waals surface area contributed by atoms with E-state index in [0.717, 1.165) is 74.1 Å². The zero-order valence-corrected chi connectivity index (χ0v) is 63.2. The van der Waals surface area contributed by atoms with Crippen molar-refractivity contribution in [3.63, 3.8) is 0 Å². The van der Waals surface area contributed by atoms with E-state index in [2.05, 4.69) is 274 Å². The molecule has 10 aromatic rings. The van der Waals surface area contributed by atoms with Crippen LogP contribution in [0.3, 0.4) is 0 Å². The summed E-state index contributed by atoms with van der Waals surface area (Å²) in [5, 5.41) is 4.81. The standard InChI is InChI=1S/C82H98F2N2O2.2CH3.Hf/c1-75(2,3)49-81(19,20)57-38-52(40-60(41-57)85-69-31-26-53(77(7,8)9)42-64(69)65-43-54(78(10,11)12)27-32-70(65)85)62-46-59(84)30-35-73(62)87-36-37-88-74-63(51-24-23-25-58(83)39-51)47-61(48-68(74)82(21,22)50-76(4,5)6)86-71-33-28-55(79(13,14)15)44-66(71)67-45-56(80(16,17)18)29-34-72(67)86;;;/h23-35,38-48H,36-37,49-50H2,1-22H3;2*1H3;. The van der Waals surface area contributed by atoms with Crippen LogP contribution in [0.2, 0.25) is 9.36 Å². The maximum absolute atomic E-state index is 16.1. The van der Waals surface area contributed by atoms with Crippen LogP contribution in [-0.2, 0) is 55.4 Å². The van der Waals surface area contributed by atoms with Crippen molar-refractivity contribution in [1.82, 2.24) is 9.13 Å². The Morgan fingerprint density at radius 2 is 0.769 bits per heavy atom. The van der Waals surface area contributed by atoms with E-state index in [1.54, 1.807) is 24.3 Å². The third kappa shape index (κ3) is 15.2. The molecule has 0 amide bonds. The molecular weight excluding hydrogens is 1290 g/mol. The number of benzene rings is 8. The van der Waals surface area contributed by atoms with E-state index >= 15 is 8.78 Å². The molecule has 0 saturated heterocycles. The van der Waals surface area contributed by atoms with Gasteiger partial charge in [-0.05, 0) is 198 Å². The van der Waals surface area contributed by atoms with Gasteiger partial charge in [-0.2, -0.15) is 0 Å². The molecular formula is C84H104F2HfN2O2. The third-order valence-corrected chi connectivity index (χ3v) is 17.9. The average Bonchev–Trinajstić information content (AvgIpc) is 1.62. The van der Waals surface area contributed by atoms with E-state index in [1.165, 1.54) is 55.9 Å². The molecule has 0 aliphatic heterocycles. The molecule has 0 N–H and O–H groups in total. The molecule has 0 unspecified atom stereocenters. The van der Waals surface area contributed by atoms with Crippen LogP contribution in [-0.4, -0.2) is 22.3 Å². The van der Waals surface area contributed by atoms with E-state index < -0.39 is 5.41 Å². The second-order valence-electron chi connectivity index (χ2n) is 33.8. The molecule has 0 radical (unpaired) electrons. The molecule has 0 saturated carbocycles. The Balaban J connectivity index is 0.00000320. The van der Waals surface area contributed by atoms with Gasteiger partial charge in [-0.1, -0.05) is 195 Å². The molecule has 0 aliphatic carbocycles. The number of rotatable bonds is 13. The zero-order valence-electron chi connectivity index (χ0n) is 59.7. The van der Waals surface area contributed by atoms with E-state index in [4.69, 9.17) is 9.47 Å². The SMILES string of the molecule is CC(C)(C)CC(C)(C)c1cc(-c2cc(F)ccc2OCCOc2c(-c3cccc(F)c3)cc(-n3c4ccc(C(C)(C)C)cc4c4cc(C(C)(C)C)ccc43)cc2C(C)(C)CC(C)(C)C)cc(-n2c3ccc(C(C)(C)C)cc3c3cc(C(C)(C)C)ccc32)c1.[CH3][Hf][CH3]. The minimum absolute atomic E-state index is 0.0288. The average molecular weight is 1390 g/mol. The van der Waals surface area contributed by atoms with Crippen molar-refractivity contribution < 1.29 is 41.2 Å². The molecule has 7 heteroatoms. The van der Waals surface area contributed by atoms with Crippen molar-refractivity contribution in [2.45, 2.75) is 207 Å². The summed E-state index contributed by atoms with van der Waals surface area (Å²) in [7, 11) is 0. The van der Waals surface area contributed by atoms with Crippen LogP contribution in [0.4, 0.5) is 8.78 Å². The van der Waals surface area contributed by atoms with Crippen LogP contribution in [0.25, 0.3) is 77.2 Å². The Morgan fingerprint density at radius 1 is 0.363 bits per heavy atom. The normalized spacial score (nSPS) is 13.1. The Hall–Kier alpha value is -6.31. The molecule has 0 atom stereocenters. The van der Waals surface area contributed by atoms with E-state index in [0.29, 0.717) is 17.1 Å². The van der Waals surface area contributed by atoms with Gasteiger partial charge in [0.2, 0.25) is 0 Å². The van der Waals surface area contributed by atoms with Crippen molar-refractivity contribution in [2.24, 2.45) is 10.8 Å². The first-order chi connectivity index (χ1) is 42.1. The Bertz CT molecular complexity index is 4170. The predicted molar refractivity (Wildman–Crippen MR) is 384 cm³/mol. The van der Waals surface area contributed by atoms with Crippen molar-refractivity contribution in [3.8, 4) is 45.1 Å². The first kappa shape index (κ1) is 69.0. The molecule has 0 bridgehead atoms. The molecule has 0 spiro atoms. The monoisotopic (exact) mass is 1390 g/mol. The minimum atomic E-state index is -0.419. The second-order valence-corrected chi connectivity index (χ2v) is 37.4. The Morgan fingerprint density at radius 3 is 1.19 bits per heavy atom. The van der Waals surface area contributed by atoms with Crippen molar-refractivity contribution in [1.29, 1.82) is 0 Å². The van der Waals surface area contributed by atoms with Gasteiger partial charge in [0.25, 0.3) is 0 Å². The van der Waals surface area contributed by atoms with Gasteiger partial charge in [0, 0.05) is 49.6 Å². The number of hydrogen-bond acceptors (Lipinski definition) is 2. The van der Waals surface area contributed by atoms with Gasteiger partial charge in [-0.3, -0.25) is 0 Å². The Kier molecular flexibility index (Phi) is 19.1. The molecule has 8 aromatic carbocycles. The first-order valence-corrected chi connectivity index (χ1v) is 40.2. The predicted octanol–water partition coefficient (Wildman–Crippen LogP) is 24.7. The molecule has 0 aliphatic rings. The summed E-state index contributed by atoms with van der Waals surface area (Å²) in [4.78, 5) is 0. The van der Waals surface area contributed by atoms with Crippen LogP contribution in [0, 0.1) is 22.5 Å². The molecule has 2 heterocycles. The maximum atomic E-state index is 16.1. The number of ether oxygens (including phenoxy) is 2. The van der Waals surface area contributed by atoms with Gasteiger partial charge in [0.1, 0.15) is 36.3 Å². The Labute approximate surface area is 556 Å². The fraction of sp³-hybridized carbons (Fsp3) is 0.429. The molecule has 4 nitrogen and oxygen atoms in total.